The number of ether oxygens (including phenoxy) is 1. The van der Waals surface area contributed by atoms with Gasteiger partial charge in [-0.25, -0.2) is 13.8 Å². The fourth-order valence-electron chi connectivity index (χ4n) is 2.61. The molecule has 0 saturated carbocycles. The Morgan fingerprint density at radius 2 is 1.88 bits per heavy atom. The molecule has 1 aromatic rings. The van der Waals surface area contributed by atoms with Crippen molar-refractivity contribution in [3.63, 3.8) is 0 Å². The van der Waals surface area contributed by atoms with Crippen molar-refractivity contribution in [1.29, 1.82) is 0 Å². The van der Waals surface area contributed by atoms with Crippen LogP contribution in [0, 0.1) is 11.6 Å². The average Bonchev–Trinajstić information content (AvgIpc) is 2.98. The van der Waals surface area contributed by atoms with E-state index in [1.807, 2.05) is 0 Å². The van der Waals surface area contributed by atoms with E-state index < -0.39 is 17.8 Å². The maximum Gasteiger partial charge on any atom is 0.224 e. The Morgan fingerprint density at radius 1 is 1.21 bits per heavy atom. The molecular weight excluding hydrogens is 314 g/mol. The Bertz CT molecular complexity index is 570. The first kappa shape index (κ1) is 18.4. The van der Waals surface area contributed by atoms with Crippen LogP contribution < -0.4 is 5.32 Å². The molecule has 132 valence electrons. The van der Waals surface area contributed by atoms with Gasteiger partial charge in [0.05, 0.1) is 0 Å². The van der Waals surface area contributed by atoms with Gasteiger partial charge in [-0.1, -0.05) is 45.1 Å². The highest BCUT2D eigenvalue weighted by atomic mass is 19.1. The van der Waals surface area contributed by atoms with Crippen molar-refractivity contribution in [2.45, 2.75) is 58.0 Å². The monoisotopic (exact) mass is 338 g/mol. The number of carbonyl (C=O) groups is 1. The molecule has 1 heterocycles. The molecule has 4 nitrogen and oxygen atoms in total. The number of hydrogen-bond acceptors (Lipinski definition) is 3. The summed E-state index contributed by atoms with van der Waals surface area (Å²) in [5.41, 5.74) is -0.287. The van der Waals surface area contributed by atoms with Crippen molar-refractivity contribution in [3.8, 4) is 0 Å². The summed E-state index contributed by atoms with van der Waals surface area (Å²) in [6.07, 6.45) is 6.48. The topological polar surface area (TPSA) is 50.7 Å². The Hall–Kier alpha value is -1.98. The molecule has 0 radical (unpaired) electrons. The van der Waals surface area contributed by atoms with Crippen molar-refractivity contribution in [1.82, 2.24) is 5.32 Å². The molecule has 2 rings (SSSR count). The van der Waals surface area contributed by atoms with Crippen LogP contribution in [0.1, 0.15) is 57.4 Å². The highest BCUT2D eigenvalue weighted by Crippen LogP contribution is 2.18. The van der Waals surface area contributed by atoms with Gasteiger partial charge in [-0.05, 0) is 18.6 Å². The minimum atomic E-state index is -0.729. The quantitative estimate of drug-likeness (QED) is 0.694. The summed E-state index contributed by atoms with van der Waals surface area (Å²) in [5.74, 6) is -1.67. The Morgan fingerprint density at radius 3 is 2.58 bits per heavy atom. The van der Waals surface area contributed by atoms with Crippen LogP contribution >= 0.6 is 0 Å². The average molecular weight is 338 g/mol. The van der Waals surface area contributed by atoms with Gasteiger partial charge in [-0.2, -0.15) is 0 Å². The van der Waals surface area contributed by atoms with E-state index in [1.54, 1.807) is 0 Å². The predicted molar refractivity (Wildman–Crippen MR) is 88.8 cm³/mol. The summed E-state index contributed by atoms with van der Waals surface area (Å²) in [5, 5.41) is 2.72. The van der Waals surface area contributed by atoms with Gasteiger partial charge < -0.3 is 10.1 Å². The lowest BCUT2D eigenvalue weighted by Crippen LogP contribution is -2.34. The molecule has 1 atom stereocenters. The number of hydrogen-bond donors (Lipinski definition) is 1. The maximum atomic E-state index is 13.7. The smallest absolute Gasteiger partial charge is 0.224 e. The molecule has 6 heteroatoms. The summed E-state index contributed by atoms with van der Waals surface area (Å²) >= 11 is 0. The van der Waals surface area contributed by atoms with E-state index in [4.69, 9.17) is 4.74 Å². The maximum absolute atomic E-state index is 13.7. The van der Waals surface area contributed by atoms with Gasteiger partial charge in [0.25, 0.3) is 0 Å². The molecule has 0 saturated heterocycles. The van der Waals surface area contributed by atoms with E-state index in [2.05, 4.69) is 17.2 Å². The normalized spacial score (nSPS) is 16.6. The summed E-state index contributed by atoms with van der Waals surface area (Å²) in [6, 6.07) is 3.58. The van der Waals surface area contributed by atoms with Crippen LogP contribution in [0.3, 0.4) is 0 Å². The predicted octanol–water partition coefficient (Wildman–Crippen LogP) is 3.93. The first-order chi connectivity index (χ1) is 11.6. The van der Waals surface area contributed by atoms with Crippen molar-refractivity contribution in [2.24, 2.45) is 4.99 Å². The van der Waals surface area contributed by atoms with Crippen LogP contribution in [0.2, 0.25) is 0 Å². The number of halogens is 2. The molecule has 1 unspecified atom stereocenters. The molecule has 1 aromatic carbocycles. The van der Waals surface area contributed by atoms with Crippen molar-refractivity contribution >= 4 is 11.8 Å². The zero-order valence-corrected chi connectivity index (χ0v) is 14.0. The number of rotatable bonds is 9. The van der Waals surface area contributed by atoms with Gasteiger partial charge in [-0.15, -0.1) is 0 Å². The number of benzene rings is 1. The molecule has 24 heavy (non-hydrogen) atoms. The number of carbonyl (C=O) groups excluding carboxylic acids is 1. The van der Waals surface area contributed by atoms with Gasteiger partial charge in [-0.3, -0.25) is 4.79 Å². The van der Waals surface area contributed by atoms with Crippen molar-refractivity contribution in [2.75, 3.05) is 6.61 Å². The first-order valence-electron chi connectivity index (χ1n) is 8.56. The van der Waals surface area contributed by atoms with Crippen molar-refractivity contribution in [3.05, 3.63) is 35.4 Å². The van der Waals surface area contributed by atoms with Gasteiger partial charge >= 0.3 is 0 Å². The Kier molecular flexibility index (Phi) is 7.15. The van der Waals surface area contributed by atoms with Crippen LogP contribution in [-0.2, 0) is 9.53 Å². The van der Waals surface area contributed by atoms with E-state index in [1.165, 1.54) is 25.3 Å². The van der Waals surface area contributed by atoms with Crippen LogP contribution in [-0.4, -0.2) is 24.6 Å². The highest BCUT2D eigenvalue weighted by Gasteiger charge is 2.25. The summed E-state index contributed by atoms with van der Waals surface area (Å²) in [7, 11) is 0. The first-order valence-corrected chi connectivity index (χ1v) is 8.56. The van der Waals surface area contributed by atoms with Gasteiger partial charge in [0, 0.05) is 6.42 Å². The van der Waals surface area contributed by atoms with Crippen LogP contribution in [0.5, 0.6) is 0 Å². The number of nitrogens with one attached hydrogen (secondary N) is 1. The Balaban J connectivity index is 1.78. The molecule has 1 amide bonds. The minimum absolute atomic E-state index is 0.0886. The van der Waals surface area contributed by atoms with E-state index in [9.17, 15) is 13.6 Å². The molecule has 0 spiro atoms. The minimum Gasteiger partial charge on any atom is -0.473 e. The van der Waals surface area contributed by atoms with Gasteiger partial charge in [0.1, 0.15) is 23.8 Å². The van der Waals surface area contributed by atoms with Crippen molar-refractivity contribution < 1.29 is 18.3 Å². The standard InChI is InChI=1S/C18H24F2N2O2/c1-2-3-4-5-6-7-11-16(23)21-15-12-24-18(22-15)17-13(19)9-8-10-14(17)20/h8-10,15H,2-7,11-12H2,1H3,(H,21,23). The van der Waals surface area contributed by atoms with Gasteiger partial charge in [0.2, 0.25) is 11.8 Å². The lowest BCUT2D eigenvalue weighted by atomic mass is 10.1. The molecule has 1 aliphatic rings. The van der Waals surface area contributed by atoms with Crippen LogP contribution in [0.25, 0.3) is 0 Å². The highest BCUT2D eigenvalue weighted by molar-refractivity contribution is 5.95. The third kappa shape index (κ3) is 5.28. The van der Waals surface area contributed by atoms with Crippen LogP contribution in [0.4, 0.5) is 8.78 Å². The molecular formula is C18H24F2N2O2. The Labute approximate surface area is 141 Å². The third-order valence-electron chi connectivity index (χ3n) is 3.91. The van der Waals surface area contributed by atoms with Crippen LogP contribution in [0.15, 0.2) is 23.2 Å². The van der Waals surface area contributed by atoms with Gasteiger partial charge in [0.15, 0.2) is 6.17 Å². The molecule has 0 fully saturated rings. The second kappa shape index (κ2) is 9.35. The third-order valence-corrected chi connectivity index (χ3v) is 3.91. The second-order valence-electron chi connectivity index (χ2n) is 5.94. The number of amides is 1. The van der Waals surface area contributed by atoms with E-state index in [0.717, 1.165) is 31.4 Å². The number of unbranched alkanes of at least 4 members (excludes halogenated alkanes) is 5. The summed E-state index contributed by atoms with van der Waals surface area (Å²) in [4.78, 5) is 16.0. The fraction of sp³-hybridized carbons (Fsp3) is 0.556. The number of aliphatic imine (C=N–C) groups is 1. The largest absolute Gasteiger partial charge is 0.473 e. The molecule has 0 aliphatic carbocycles. The molecule has 0 aromatic heterocycles. The van der Waals surface area contributed by atoms with E-state index in [0.29, 0.717) is 6.42 Å². The lowest BCUT2D eigenvalue weighted by molar-refractivity contribution is -0.121. The lowest BCUT2D eigenvalue weighted by Gasteiger charge is -2.08. The SMILES string of the molecule is CCCCCCCCC(=O)NC1COC(c2c(F)cccc2F)=N1. The zero-order chi connectivity index (χ0) is 17.4. The summed E-state index contributed by atoms with van der Waals surface area (Å²) < 4.78 is 32.6. The molecule has 0 bridgehead atoms. The number of nitrogens with zero attached hydrogens (tertiary/aromatic N) is 1. The van der Waals surface area contributed by atoms with E-state index in [-0.39, 0.29) is 24.0 Å². The zero-order valence-electron chi connectivity index (χ0n) is 14.0. The molecule has 1 aliphatic heterocycles. The second-order valence-corrected chi connectivity index (χ2v) is 5.94. The fourth-order valence-corrected chi connectivity index (χ4v) is 2.61. The van der Waals surface area contributed by atoms with E-state index >= 15 is 0 Å². The molecule has 1 N–H and O–H groups in total. The summed E-state index contributed by atoms with van der Waals surface area (Å²) in [6.45, 7) is 2.25.